The van der Waals surface area contributed by atoms with Crippen LogP contribution in [-0.2, 0) is 11.3 Å². The molecule has 2 N–H and O–H groups in total. The number of likely N-dealkylation sites (tertiary alicyclic amines) is 1. The molecule has 2 heterocycles. The third-order valence-electron chi connectivity index (χ3n) is 6.67. The highest BCUT2D eigenvalue weighted by Gasteiger charge is 2.52. The van der Waals surface area contributed by atoms with Gasteiger partial charge in [0, 0.05) is 23.6 Å². The highest BCUT2D eigenvalue weighted by Crippen LogP contribution is 2.47. The maximum atomic E-state index is 12.6. The molecule has 0 amide bonds. The summed E-state index contributed by atoms with van der Waals surface area (Å²) in [6.45, 7) is 12.8. The molecule has 152 valence electrons. The van der Waals surface area contributed by atoms with Crippen LogP contribution in [0.1, 0.15) is 68.6 Å². The average molecular weight is 387 g/mol. The van der Waals surface area contributed by atoms with E-state index < -0.39 is 0 Å². The monoisotopic (exact) mass is 386 g/mol. The zero-order valence-corrected chi connectivity index (χ0v) is 17.6. The molecule has 5 nitrogen and oxygen atoms in total. The van der Waals surface area contributed by atoms with Crippen molar-refractivity contribution in [2.75, 3.05) is 13.2 Å². The van der Waals surface area contributed by atoms with Gasteiger partial charge in [-0.05, 0) is 37.8 Å². The van der Waals surface area contributed by atoms with Crippen LogP contribution in [0.15, 0.2) is 16.5 Å². The fraction of sp³-hybridized carbons (Fsp3) is 0.609. The van der Waals surface area contributed by atoms with Crippen molar-refractivity contribution in [2.24, 2.45) is 10.8 Å². The van der Waals surface area contributed by atoms with Crippen LogP contribution in [0.4, 0.5) is 0 Å². The van der Waals surface area contributed by atoms with Gasteiger partial charge in [-0.15, -0.1) is 0 Å². The number of fused-ring (bicyclic) bond motifs is 3. The fourth-order valence-electron chi connectivity index (χ4n) is 6.18. The van der Waals surface area contributed by atoms with E-state index in [1.165, 1.54) is 24.2 Å². The van der Waals surface area contributed by atoms with Crippen LogP contribution in [0.25, 0.3) is 11.0 Å². The van der Waals surface area contributed by atoms with Gasteiger partial charge in [-0.25, -0.2) is 4.79 Å². The minimum absolute atomic E-state index is 0.234. The predicted molar refractivity (Wildman–Crippen MR) is 108 cm³/mol. The summed E-state index contributed by atoms with van der Waals surface area (Å²) >= 11 is 0. The number of hydrogen-bond donors (Lipinski definition) is 2. The number of esters is 1. The number of carbonyl (C=O) groups is 1. The lowest BCUT2D eigenvalue weighted by molar-refractivity contribution is -0.928. The van der Waals surface area contributed by atoms with Gasteiger partial charge in [0.2, 0.25) is 0 Å². The lowest BCUT2D eigenvalue weighted by Crippen LogP contribution is -3.12. The van der Waals surface area contributed by atoms with E-state index in [0.717, 1.165) is 12.1 Å². The summed E-state index contributed by atoms with van der Waals surface area (Å²) in [5.74, 6) is 0.398. The number of rotatable bonds is 4. The maximum absolute atomic E-state index is 12.6. The first-order valence-corrected chi connectivity index (χ1v) is 10.4. The number of carbonyl (C=O) groups excluding carboxylic acids is 1. The number of aromatic hydroxyl groups is 1. The van der Waals surface area contributed by atoms with Gasteiger partial charge in [0.25, 0.3) is 0 Å². The number of phenols is 1. The van der Waals surface area contributed by atoms with Gasteiger partial charge in [-0.1, -0.05) is 20.8 Å². The number of ether oxygens (including phenoxy) is 1. The molecule has 1 aliphatic heterocycles. The number of quaternary nitrogens is 1. The molecule has 1 saturated carbocycles. The minimum atomic E-state index is -0.381. The van der Waals surface area contributed by atoms with Crippen molar-refractivity contribution in [3.8, 4) is 5.75 Å². The Hall–Kier alpha value is -2.01. The van der Waals surface area contributed by atoms with Crippen LogP contribution in [0, 0.1) is 17.8 Å². The molecule has 2 fully saturated rings. The van der Waals surface area contributed by atoms with Crippen molar-refractivity contribution in [1.29, 1.82) is 0 Å². The summed E-state index contributed by atoms with van der Waals surface area (Å²) in [6, 6.07) is 4.01. The van der Waals surface area contributed by atoms with E-state index in [1.807, 2.05) is 0 Å². The molecule has 1 aromatic heterocycles. The predicted octanol–water partition coefficient (Wildman–Crippen LogP) is 3.61. The van der Waals surface area contributed by atoms with Crippen molar-refractivity contribution in [2.45, 2.75) is 66.5 Å². The first kappa shape index (κ1) is 19.3. The Kier molecular flexibility index (Phi) is 4.49. The van der Waals surface area contributed by atoms with Crippen LogP contribution >= 0.6 is 0 Å². The molecule has 2 aromatic rings. The highest BCUT2D eigenvalue weighted by atomic mass is 16.5. The van der Waals surface area contributed by atoms with Crippen molar-refractivity contribution >= 4 is 16.9 Å². The summed E-state index contributed by atoms with van der Waals surface area (Å²) in [4.78, 5) is 14.1. The second kappa shape index (κ2) is 6.51. The van der Waals surface area contributed by atoms with E-state index in [0.29, 0.717) is 52.3 Å². The first-order valence-electron chi connectivity index (χ1n) is 10.4. The van der Waals surface area contributed by atoms with Crippen LogP contribution in [0.5, 0.6) is 5.75 Å². The molecular formula is C23H32NO4+. The molecule has 4 rings (SSSR count). The van der Waals surface area contributed by atoms with E-state index in [2.05, 4.69) is 20.8 Å². The molecule has 3 atom stereocenters. The van der Waals surface area contributed by atoms with Crippen LogP contribution < -0.4 is 4.90 Å². The van der Waals surface area contributed by atoms with E-state index in [4.69, 9.17) is 9.15 Å². The second-order valence-corrected chi connectivity index (χ2v) is 9.96. The standard InChI is InChI=1S/C23H31NO4/c1-6-27-21(26)19-14(2)28-18-8-7-17(25)16(20(18)19)11-24-13-23(5)10-15(24)9-22(3,4)12-23/h7-8,15,25H,6,9-13H2,1-5H3/p+1/t15-,23-/m0/s1. The summed E-state index contributed by atoms with van der Waals surface area (Å²) < 4.78 is 11.1. The maximum Gasteiger partial charge on any atom is 0.342 e. The van der Waals surface area contributed by atoms with Crippen LogP contribution in [0.3, 0.4) is 0 Å². The first-order chi connectivity index (χ1) is 13.1. The topological polar surface area (TPSA) is 64.1 Å². The Labute approximate surface area is 166 Å². The summed E-state index contributed by atoms with van der Waals surface area (Å²) in [6.07, 6.45) is 3.68. The van der Waals surface area contributed by atoms with Crippen molar-refractivity contribution < 1.29 is 24.0 Å². The Balaban J connectivity index is 1.75. The van der Waals surface area contributed by atoms with Crippen LogP contribution in [0.2, 0.25) is 0 Å². The minimum Gasteiger partial charge on any atom is -0.507 e. The second-order valence-electron chi connectivity index (χ2n) is 9.96. The lowest BCUT2D eigenvalue weighted by Gasteiger charge is -2.37. The molecule has 1 saturated heterocycles. The van der Waals surface area contributed by atoms with Crippen molar-refractivity contribution in [3.05, 3.63) is 29.0 Å². The molecule has 2 bridgehead atoms. The van der Waals surface area contributed by atoms with Gasteiger partial charge in [0.15, 0.2) is 0 Å². The Bertz CT molecular complexity index is 928. The van der Waals surface area contributed by atoms with Gasteiger partial charge in [-0.2, -0.15) is 0 Å². The number of phenolic OH excluding ortho intramolecular Hbond substituents is 1. The molecule has 1 aromatic carbocycles. The van der Waals surface area contributed by atoms with Crippen molar-refractivity contribution in [1.82, 2.24) is 0 Å². The normalized spacial score (nSPS) is 28.6. The number of furan rings is 1. The van der Waals surface area contributed by atoms with Gasteiger partial charge >= 0.3 is 5.97 Å². The molecular weight excluding hydrogens is 354 g/mol. The number of aryl methyl sites for hydroxylation is 1. The van der Waals surface area contributed by atoms with E-state index >= 15 is 0 Å². The molecule has 5 heteroatoms. The van der Waals surface area contributed by atoms with E-state index in [1.54, 1.807) is 26.0 Å². The zero-order chi connectivity index (χ0) is 20.3. The Morgan fingerprint density at radius 2 is 2.07 bits per heavy atom. The van der Waals surface area contributed by atoms with Gasteiger partial charge in [0.05, 0.1) is 24.8 Å². The summed E-state index contributed by atoms with van der Waals surface area (Å²) in [7, 11) is 0. The molecule has 2 aliphatic rings. The molecule has 0 spiro atoms. The largest absolute Gasteiger partial charge is 0.507 e. The quantitative estimate of drug-likeness (QED) is 0.788. The third kappa shape index (κ3) is 3.20. The molecule has 28 heavy (non-hydrogen) atoms. The van der Waals surface area contributed by atoms with Gasteiger partial charge < -0.3 is 19.2 Å². The molecule has 1 aliphatic carbocycles. The lowest BCUT2D eigenvalue weighted by atomic mass is 9.65. The summed E-state index contributed by atoms with van der Waals surface area (Å²) in [5.41, 5.74) is 2.61. The Morgan fingerprint density at radius 3 is 2.79 bits per heavy atom. The Morgan fingerprint density at radius 1 is 1.32 bits per heavy atom. The smallest absolute Gasteiger partial charge is 0.342 e. The molecule has 1 unspecified atom stereocenters. The molecule has 0 radical (unpaired) electrons. The average Bonchev–Trinajstić information content (AvgIpc) is 3.02. The fourth-order valence-corrected chi connectivity index (χ4v) is 6.18. The highest BCUT2D eigenvalue weighted by molar-refractivity contribution is 6.06. The van der Waals surface area contributed by atoms with Gasteiger partial charge in [0.1, 0.15) is 29.2 Å². The zero-order valence-electron chi connectivity index (χ0n) is 17.6. The van der Waals surface area contributed by atoms with Crippen LogP contribution in [-0.4, -0.2) is 30.3 Å². The number of benzene rings is 1. The van der Waals surface area contributed by atoms with E-state index in [-0.39, 0.29) is 11.7 Å². The SMILES string of the molecule is CCOC(=O)c1c(C)oc2ccc(O)c(C[NH+]3C[C@@]4(C)C[C@@H]3CC(C)(C)C4)c12. The summed E-state index contributed by atoms with van der Waals surface area (Å²) in [5, 5.41) is 11.4. The van der Waals surface area contributed by atoms with E-state index in [9.17, 15) is 9.90 Å². The van der Waals surface area contributed by atoms with Crippen molar-refractivity contribution in [3.63, 3.8) is 0 Å². The third-order valence-corrected chi connectivity index (χ3v) is 6.67. The number of nitrogens with one attached hydrogen (secondary N) is 1. The van der Waals surface area contributed by atoms with Gasteiger partial charge in [-0.3, -0.25) is 0 Å². The number of hydrogen-bond acceptors (Lipinski definition) is 4.